The summed E-state index contributed by atoms with van der Waals surface area (Å²) < 4.78 is 0. The van der Waals surface area contributed by atoms with Gasteiger partial charge in [-0.1, -0.05) is 60.7 Å². The molecule has 2 aromatic carbocycles. The van der Waals surface area contributed by atoms with Crippen molar-refractivity contribution in [2.75, 3.05) is 19.6 Å². The lowest BCUT2D eigenvalue weighted by Crippen LogP contribution is -2.30. The molecule has 1 saturated heterocycles. The fourth-order valence-electron chi connectivity index (χ4n) is 3.54. The van der Waals surface area contributed by atoms with Crippen LogP contribution in [0.4, 0.5) is 0 Å². The van der Waals surface area contributed by atoms with E-state index in [9.17, 15) is 9.59 Å². The van der Waals surface area contributed by atoms with Gasteiger partial charge in [0.1, 0.15) is 0 Å². The Kier molecular flexibility index (Phi) is 7.37. The molecule has 2 N–H and O–H groups in total. The van der Waals surface area contributed by atoms with E-state index in [-0.39, 0.29) is 48.8 Å². The SMILES string of the molecule is Cl.NC[C@@H]1CN(C(=O)CCC(=O)c2ccccc2)C[C@H]1c1ccccc1. The molecule has 0 saturated carbocycles. The fraction of sp³-hybridized carbons (Fsp3) is 0.333. The molecular weight excluding hydrogens is 348 g/mol. The van der Waals surface area contributed by atoms with E-state index in [4.69, 9.17) is 5.73 Å². The highest BCUT2D eigenvalue weighted by molar-refractivity contribution is 5.97. The number of nitrogens with two attached hydrogens (primary N) is 1. The van der Waals surface area contributed by atoms with E-state index in [0.29, 0.717) is 25.2 Å². The molecule has 26 heavy (non-hydrogen) atoms. The molecule has 3 rings (SSSR count). The summed E-state index contributed by atoms with van der Waals surface area (Å²) in [6, 6.07) is 19.4. The zero-order valence-electron chi connectivity index (χ0n) is 14.7. The summed E-state index contributed by atoms with van der Waals surface area (Å²) in [5.41, 5.74) is 7.83. The molecular formula is C21H25ClN2O2. The fourth-order valence-corrected chi connectivity index (χ4v) is 3.54. The minimum Gasteiger partial charge on any atom is -0.342 e. The number of rotatable bonds is 6. The van der Waals surface area contributed by atoms with Crippen molar-refractivity contribution in [2.45, 2.75) is 18.8 Å². The molecule has 1 amide bonds. The van der Waals surface area contributed by atoms with Crippen molar-refractivity contribution >= 4 is 24.1 Å². The summed E-state index contributed by atoms with van der Waals surface area (Å²) in [4.78, 5) is 26.6. The summed E-state index contributed by atoms with van der Waals surface area (Å²) in [5, 5.41) is 0. The highest BCUT2D eigenvalue weighted by atomic mass is 35.5. The van der Waals surface area contributed by atoms with E-state index in [1.807, 2.05) is 41.3 Å². The van der Waals surface area contributed by atoms with Crippen LogP contribution in [0, 0.1) is 5.92 Å². The van der Waals surface area contributed by atoms with Crippen molar-refractivity contribution in [2.24, 2.45) is 11.7 Å². The van der Waals surface area contributed by atoms with Crippen LogP contribution in [0.2, 0.25) is 0 Å². The number of amides is 1. The predicted octanol–water partition coefficient (Wildman–Crippen LogP) is 3.27. The van der Waals surface area contributed by atoms with Crippen molar-refractivity contribution < 1.29 is 9.59 Å². The molecule has 4 nitrogen and oxygen atoms in total. The quantitative estimate of drug-likeness (QED) is 0.791. The molecule has 1 aliphatic heterocycles. The van der Waals surface area contributed by atoms with Crippen LogP contribution in [-0.4, -0.2) is 36.2 Å². The zero-order chi connectivity index (χ0) is 17.6. The lowest BCUT2D eigenvalue weighted by Gasteiger charge is -2.16. The third-order valence-corrected chi connectivity index (χ3v) is 4.99. The normalized spacial score (nSPS) is 19.0. The van der Waals surface area contributed by atoms with E-state index < -0.39 is 0 Å². The first kappa shape index (κ1) is 20.1. The third kappa shape index (κ3) is 4.71. The van der Waals surface area contributed by atoms with Gasteiger partial charge in [0.2, 0.25) is 5.91 Å². The van der Waals surface area contributed by atoms with Crippen molar-refractivity contribution in [3.8, 4) is 0 Å². The Labute approximate surface area is 160 Å². The monoisotopic (exact) mass is 372 g/mol. The van der Waals surface area contributed by atoms with Gasteiger partial charge in [0.15, 0.2) is 5.78 Å². The molecule has 138 valence electrons. The average Bonchev–Trinajstić information content (AvgIpc) is 3.12. The van der Waals surface area contributed by atoms with Crippen molar-refractivity contribution in [3.63, 3.8) is 0 Å². The zero-order valence-corrected chi connectivity index (χ0v) is 15.5. The van der Waals surface area contributed by atoms with E-state index in [1.165, 1.54) is 5.56 Å². The van der Waals surface area contributed by atoms with Crippen LogP contribution in [0.1, 0.15) is 34.7 Å². The molecule has 2 aromatic rings. The average molecular weight is 373 g/mol. The van der Waals surface area contributed by atoms with Gasteiger partial charge in [0.25, 0.3) is 0 Å². The van der Waals surface area contributed by atoms with Gasteiger partial charge < -0.3 is 10.6 Å². The topological polar surface area (TPSA) is 63.4 Å². The highest BCUT2D eigenvalue weighted by Crippen LogP contribution is 2.32. The molecule has 1 fully saturated rings. The Morgan fingerprint density at radius 3 is 2.15 bits per heavy atom. The maximum Gasteiger partial charge on any atom is 0.223 e. The molecule has 0 unspecified atom stereocenters. The molecule has 5 heteroatoms. The molecule has 0 bridgehead atoms. The smallest absolute Gasteiger partial charge is 0.223 e. The van der Waals surface area contributed by atoms with Crippen LogP contribution in [0.5, 0.6) is 0 Å². The van der Waals surface area contributed by atoms with E-state index >= 15 is 0 Å². The van der Waals surface area contributed by atoms with Crippen LogP contribution in [-0.2, 0) is 4.79 Å². The second kappa shape index (κ2) is 9.51. The Morgan fingerprint density at radius 1 is 0.923 bits per heavy atom. The molecule has 0 radical (unpaired) electrons. The summed E-state index contributed by atoms with van der Waals surface area (Å²) in [6.07, 6.45) is 0.509. The molecule has 0 spiro atoms. The lowest BCUT2D eigenvalue weighted by atomic mass is 9.89. The minimum atomic E-state index is 0. The van der Waals surface area contributed by atoms with Crippen molar-refractivity contribution in [1.29, 1.82) is 0 Å². The number of carbonyl (C=O) groups is 2. The second-order valence-electron chi connectivity index (χ2n) is 6.60. The largest absolute Gasteiger partial charge is 0.342 e. The Bertz CT molecular complexity index is 721. The van der Waals surface area contributed by atoms with Crippen molar-refractivity contribution in [3.05, 3.63) is 71.8 Å². The molecule has 2 atom stereocenters. The minimum absolute atomic E-state index is 0. The summed E-state index contributed by atoms with van der Waals surface area (Å²) in [6.45, 7) is 1.92. The van der Waals surface area contributed by atoms with Gasteiger partial charge in [-0.15, -0.1) is 12.4 Å². The van der Waals surface area contributed by atoms with Crippen LogP contribution < -0.4 is 5.73 Å². The number of halogens is 1. The van der Waals surface area contributed by atoms with Crippen LogP contribution in [0.15, 0.2) is 60.7 Å². The molecule has 1 aliphatic rings. The van der Waals surface area contributed by atoms with E-state index in [2.05, 4.69) is 12.1 Å². The number of carbonyl (C=O) groups excluding carboxylic acids is 2. The lowest BCUT2D eigenvalue weighted by molar-refractivity contribution is -0.130. The summed E-state index contributed by atoms with van der Waals surface area (Å²) >= 11 is 0. The number of likely N-dealkylation sites (tertiary alicyclic amines) is 1. The second-order valence-corrected chi connectivity index (χ2v) is 6.60. The van der Waals surface area contributed by atoms with Gasteiger partial charge in [-0.05, 0) is 18.0 Å². The van der Waals surface area contributed by atoms with Crippen molar-refractivity contribution in [1.82, 2.24) is 4.90 Å². The standard InChI is InChI=1S/C21H24N2O2.ClH/c22-13-18-14-23(15-19(18)16-7-3-1-4-8-16)21(25)12-11-20(24)17-9-5-2-6-10-17;/h1-10,18-19H,11-15,22H2;1H/t18-,19+;/m1./s1. The number of hydrogen-bond acceptors (Lipinski definition) is 3. The maximum atomic E-state index is 12.6. The summed E-state index contributed by atoms with van der Waals surface area (Å²) in [7, 11) is 0. The first-order valence-corrected chi connectivity index (χ1v) is 8.80. The van der Waals surface area contributed by atoms with Crippen LogP contribution >= 0.6 is 12.4 Å². The van der Waals surface area contributed by atoms with Gasteiger partial charge in [-0.2, -0.15) is 0 Å². The number of benzene rings is 2. The van der Waals surface area contributed by atoms with Crippen LogP contribution in [0.3, 0.4) is 0 Å². The first-order valence-electron chi connectivity index (χ1n) is 8.80. The van der Waals surface area contributed by atoms with E-state index in [0.717, 1.165) is 0 Å². The Hall–Kier alpha value is -2.17. The molecule has 0 aromatic heterocycles. The van der Waals surface area contributed by atoms with Gasteiger partial charge >= 0.3 is 0 Å². The van der Waals surface area contributed by atoms with Gasteiger partial charge in [-0.3, -0.25) is 9.59 Å². The first-order chi connectivity index (χ1) is 12.2. The van der Waals surface area contributed by atoms with Gasteiger partial charge in [0.05, 0.1) is 0 Å². The predicted molar refractivity (Wildman–Crippen MR) is 106 cm³/mol. The highest BCUT2D eigenvalue weighted by Gasteiger charge is 2.35. The van der Waals surface area contributed by atoms with Crippen LogP contribution in [0.25, 0.3) is 0 Å². The Balaban J connectivity index is 0.00000243. The molecule has 1 heterocycles. The van der Waals surface area contributed by atoms with Gasteiger partial charge in [0, 0.05) is 37.4 Å². The number of ketones is 1. The van der Waals surface area contributed by atoms with Gasteiger partial charge in [-0.25, -0.2) is 0 Å². The molecule has 0 aliphatic carbocycles. The third-order valence-electron chi connectivity index (χ3n) is 4.99. The Morgan fingerprint density at radius 2 is 1.54 bits per heavy atom. The maximum absolute atomic E-state index is 12.6. The van der Waals surface area contributed by atoms with E-state index in [1.54, 1.807) is 12.1 Å². The number of nitrogens with zero attached hydrogens (tertiary/aromatic N) is 1. The number of hydrogen-bond donors (Lipinski definition) is 1. The summed E-state index contributed by atoms with van der Waals surface area (Å²) in [5.74, 6) is 0.612. The number of Topliss-reactive ketones (excluding diaryl/α,β-unsaturated/α-hetero) is 1.